The van der Waals surface area contributed by atoms with Crippen LogP contribution in [0.4, 0.5) is 0 Å². The van der Waals surface area contributed by atoms with Crippen molar-refractivity contribution < 1.29 is 4.79 Å². The molecule has 0 aliphatic carbocycles. The van der Waals surface area contributed by atoms with Gasteiger partial charge in [-0.15, -0.1) is 0 Å². The van der Waals surface area contributed by atoms with Gasteiger partial charge in [-0.25, -0.2) is 0 Å². The number of hydrogen-bond acceptors (Lipinski definition) is 1. The van der Waals surface area contributed by atoms with Crippen molar-refractivity contribution in [2.24, 2.45) is 5.92 Å². The Morgan fingerprint density at radius 1 is 0.516 bits per heavy atom. The number of carbonyl (C=O) groups excluding carboxylic acids is 1. The van der Waals surface area contributed by atoms with E-state index in [0.717, 1.165) is 5.75 Å². The van der Waals surface area contributed by atoms with Gasteiger partial charge in [-0.1, -0.05) is 130 Å². The molecule has 0 atom stereocenters. The Morgan fingerprint density at radius 3 is 1.10 bits per heavy atom. The minimum Gasteiger partial charge on any atom is -0.294 e. The topological polar surface area (TPSA) is 17.1 Å². The second-order valence-corrected chi connectivity index (χ2v) is 12.5. The summed E-state index contributed by atoms with van der Waals surface area (Å²) >= 11 is 0. The van der Waals surface area contributed by atoms with Crippen molar-refractivity contribution in [3.05, 3.63) is 0 Å². The van der Waals surface area contributed by atoms with E-state index in [0.29, 0.717) is 16.7 Å². The molecule has 186 valence electrons. The highest BCUT2D eigenvalue weighted by Crippen LogP contribution is 2.15. The van der Waals surface area contributed by atoms with Crippen LogP contribution in [-0.2, 0) is 15.7 Å². The maximum absolute atomic E-state index is 12.3. The summed E-state index contributed by atoms with van der Waals surface area (Å²) in [5.41, 5.74) is 0. The molecule has 0 fully saturated rings. The van der Waals surface area contributed by atoms with Crippen LogP contribution in [0.25, 0.3) is 0 Å². The van der Waals surface area contributed by atoms with Crippen molar-refractivity contribution in [2.45, 2.75) is 156 Å². The summed E-state index contributed by atoms with van der Waals surface area (Å²) in [4.78, 5) is 12.3. The molecule has 0 aromatic rings. The summed E-state index contributed by atoms with van der Waals surface area (Å²) < 4.78 is 0. The van der Waals surface area contributed by atoms with Crippen molar-refractivity contribution in [3.8, 4) is 0 Å². The number of hydrogen-bond donors (Lipinski definition) is 0. The fraction of sp³-hybridized carbons (Fsp3) is 0.966. The minimum absolute atomic E-state index is 0.218. The predicted molar refractivity (Wildman–Crippen MR) is 145 cm³/mol. The molecule has 0 amide bonds. The molecule has 0 bridgehead atoms. The fourth-order valence-corrected chi connectivity index (χ4v) is 6.65. The first-order valence-corrected chi connectivity index (χ1v) is 16.0. The SMILES string of the molecule is CCCCCCCCCCCC[S+](CCCCCCCCCCCC)CC(=O)C(C)C. The maximum atomic E-state index is 12.3. The van der Waals surface area contributed by atoms with Crippen molar-refractivity contribution in [1.82, 2.24) is 0 Å². The van der Waals surface area contributed by atoms with E-state index in [-0.39, 0.29) is 5.92 Å². The van der Waals surface area contributed by atoms with E-state index >= 15 is 0 Å². The zero-order valence-electron chi connectivity index (χ0n) is 22.2. The molecule has 0 heterocycles. The van der Waals surface area contributed by atoms with Crippen LogP contribution in [-0.4, -0.2) is 23.0 Å². The smallest absolute Gasteiger partial charge is 0.184 e. The van der Waals surface area contributed by atoms with E-state index in [9.17, 15) is 4.79 Å². The van der Waals surface area contributed by atoms with Gasteiger partial charge in [0.15, 0.2) is 11.5 Å². The van der Waals surface area contributed by atoms with Crippen LogP contribution >= 0.6 is 0 Å². The summed E-state index contributed by atoms with van der Waals surface area (Å²) in [6.45, 7) is 8.73. The van der Waals surface area contributed by atoms with Crippen molar-refractivity contribution in [2.75, 3.05) is 17.3 Å². The van der Waals surface area contributed by atoms with Crippen molar-refractivity contribution in [1.29, 1.82) is 0 Å². The average Bonchev–Trinajstić information content (AvgIpc) is 2.75. The van der Waals surface area contributed by atoms with Crippen LogP contribution in [0.15, 0.2) is 0 Å². The minimum atomic E-state index is 0.218. The van der Waals surface area contributed by atoms with E-state index in [2.05, 4.69) is 27.7 Å². The summed E-state index contributed by atoms with van der Waals surface area (Å²) in [5, 5.41) is 0. The molecule has 0 saturated carbocycles. The second kappa shape index (κ2) is 24.7. The molecule has 0 aromatic heterocycles. The van der Waals surface area contributed by atoms with Crippen LogP contribution in [0.1, 0.15) is 156 Å². The lowest BCUT2D eigenvalue weighted by atomic mass is 10.1. The van der Waals surface area contributed by atoms with Gasteiger partial charge in [0, 0.05) is 5.92 Å². The molecule has 0 aliphatic rings. The highest BCUT2D eigenvalue weighted by atomic mass is 32.2. The zero-order chi connectivity index (χ0) is 23.0. The van der Waals surface area contributed by atoms with Gasteiger partial charge in [0.2, 0.25) is 0 Å². The Balaban J connectivity index is 3.80. The molecule has 2 heteroatoms. The highest BCUT2D eigenvalue weighted by Gasteiger charge is 2.23. The highest BCUT2D eigenvalue weighted by molar-refractivity contribution is 7.97. The maximum Gasteiger partial charge on any atom is 0.184 e. The third-order valence-electron chi connectivity index (χ3n) is 6.56. The van der Waals surface area contributed by atoms with Gasteiger partial charge in [-0.2, -0.15) is 0 Å². The van der Waals surface area contributed by atoms with Gasteiger partial charge in [-0.05, 0) is 36.6 Å². The lowest BCUT2D eigenvalue weighted by Gasteiger charge is -2.10. The molecule has 0 radical (unpaired) electrons. The number of carbonyl (C=O) groups is 1. The van der Waals surface area contributed by atoms with Gasteiger partial charge < -0.3 is 0 Å². The first-order chi connectivity index (χ1) is 15.1. The van der Waals surface area contributed by atoms with E-state index in [1.54, 1.807) is 0 Å². The molecular formula is C29H59OS+. The molecule has 0 spiro atoms. The number of Topliss-reactive ketones (excluding diaryl/α,β-unsaturated/α-hetero) is 1. The number of unbranched alkanes of at least 4 members (excludes halogenated alkanes) is 18. The van der Waals surface area contributed by atoms with E-state index in [4.69, 9.17) is 0 Å². The Labute approximate surface area is 200 Å². The second-order valence-electron chi connectivity index (χ2n) is 10.1. The first-order valence-electron chi connectivity index (χ1n) is 14.3. The molecular weight excluding hydrogens is 396 g/mol. The van der Waals surface area contributed by atoms with E-state index in [1.807, 2.05) is 0 Å². The van der Waals surface area contributed by atoms with Gasteiger partial charge >= 0.3 is 0 Å². The molecule has 0 N–H and O–H groups in total. The lowest BCUT2D eigenvalue weighted by molar-refractivity contribution is -0.119. The van der Waals surface area contributed by atoms with Gasteiger partial charge in [0.05, 0.1) is 0 Å². The van der Waals surface area contributed by atoms with Gasteiger partial charge in [0.1, 0.15) is 11.5 Å². The molecule has 0 unspecified atom stereocenters. The molecule has 31 heavy (non-hydrogen) atoms. The molecule has 0 aliphatic heterocycles. The summed E-state index contributed by atoms with van der Waals surface area (Å²) in [5.74, 6) is 4.21. The third kappa shape index (κ3) is 23.0. The Bertz CT molecular complexity index is 342. The van der Waals surface area contributed by atoms with Crippen molar-refractivity contribution >= 4 is 16.7 Å². The normalized spacial score (nSPS) is 11.7. The van der Waals surface area contributed by atoms with Crippen LogP contribution in [0.5, 0.6) is 0 Å². The van der Waals surface area contributed by atoms with Crippen LogP contribution in [0.2, 0.25) is 0 Å². The predicted octanol–water partition coefficient (Wildman–Crippen LogP) is 9.67. The standard InChI is InChI=1S/C29H59OS/c1-5-7-9-11-13-15-17-19-21-23-25-31(27-29(30)28(3)4)26-24-22-20-18-16-14-12-10-8-6-2/h28H,5-27H2,1-4H3/q+1. The quantitative estimate of drug-likeness (QED) is 0.0988. The molecule has 0 saturated heterocycles. The van der Waals surface area contributed by atoms with Crippen LogP contribution in [0, 0.1) is 5.92 Å². The number of ketones is 1. The van der Waals surface area contributed by atoms with Crippen LogP contribution in [0.3, 0.4) is 0 Å². The summed E-state index contributed by atoms with van der Waals surface area (Å²) in [7, 11) is 0.350. The van der Waals surface area contributed by atoms with E-state index < -0.39 is 0 Å². The Morgan fingerprint density at radius 2 is 0.806 bits per heavy atom. The van der Waals surface area contributed by atoms with Crippen LogP contribution < -0.4 is 0 Å². The largest absolute Gasteiger partial charge is 0.294 e. The monoisotopic (exact) mass is 455 g/mol. The van der Waals surface area contributed by atoms with Gasteiger partial charge in [0.25, 0.3) is 0 Å². The van der Waals surface area contributed by atoms with Gasteiger partial charge in [-0.3, -0.25) is 4.79 Å². The molecule has 0 aromatic carbocycles. The van der Waals surface area contributed by atoms with Crippen molar-refractivity contribution in [3.63, 3.8) is 0 Å². The summed E-state index contributed by atoms with van der Waals surface area (Å²) in [6, 6.07) is 0. The zero-order valence-corrected chi connectivity index (χ0v) is 23.0. The summed E-state index contributed by atoms with van der Waals surface area (Å²) in [6.07, 6.45) is 28.1. The third-order valence-corrected chi connectivity index (χ3v) is 8.99. The lowest BCUT2D eigenvalue weighted by Crippen LogP contribution is -2.25. The Kier molecular flexibility index (Phi) is 24.7. The first kappa shape index (κ1) is 31.0. The Hall–Kier alpha value is 0.0200. The number of rotatable bonds is 25. The molecule has 1 nitrogen and oxygen atoms in total. The fourth-order valence-electron chi connectivity index (χ4n) is 4.20. The molecule has 0 rings (SSSR count). The average molecular weight is 456 g/mol. The van der Waals surface area contributed by atoms with E-state index in [1.165, 1.54) is 140 Å².